The van der Waals surface area contributed by atoms with Crippen LogP contribution in [0.25, 0.3) is 10.8 Å². The van der Waals surface area contributed by atoms with Gasteiger partial charge in [-0.25, -0.2) is 0 Å². The molecule has 1 fully saturated rings. The molecule has 3 rings (SSSR count). The van der Waals surface area contributed by atoms with Crippen LogP contribution in [-0.4, -0.2) is 30.9 Å². The van der Waals surface area contributed by atoms with E-state index >= 15 is 0 Å². The van der Waals surface area contributed by atoms with Gasteiger partial charge in [-0.2, -0.15) is 0 Å². The molecule has 0 aromatic heterocycles. The average Bonchev–Trinajstić information content (AvgIpc) is 2.97. The summed E-state index contributed by atoms with van der Waals surface area (Å²) in [6.45, 7) is 2.15. The minimum Gasteiger partial charge on any atom is -0.387 e. The van der Waals surface area contributed by atoms with Crippen molar-refractivity contribution < 1.29 is 9.84 Å². The van der Waals surface area contributed by atoms with Crippen molar-refractivity contribution in [3.63, 3.8) is 0 Å². The van der Waals surface area contributed by atoms with Gasteiger partial charge in [0.1, 0.15) is 0 Å². The minimum atomic E-state index is -0.467. The molecular weight excluding hydrogens is 238 g/mol. The predicted octanol–water partition coefficient (Wildman–Crippen LogP) is 2.25. The SMILES string of the molecule is OC(CNC1CCOC1)c1ccc2ccccc2c1. The topological polar surface area (TPSA) is 41.5 Å². The van der Waals surface area contributed by atoms with Crippen molar-refractivity contribution in [1.29, 1.82) is 0 Å². The average molecular weight is 257 g/mol. The highest BCUT2D eigenvalue weighted by molar-refractivity contribution is 5.83. The van der Waals surface area contributed by atoms with Gasteiger partial charge in [0.25, 0.3) is 0 Å². The Morgan fingerprint density at radius 1 is 1.21 bits per heavy atom. The number of rotatable bonds is 4. The summed E-state index contributed by atoms with van der Waals surface area (Å²) in [5.74, 6) is 0. The maximum absolute atomic E-state index is 10.2. The summed E-state index contributed by atoms with van der Waals surface area (Å²) in [7, 11) is 0. The molecule has 1 saturated heterocycles. The van der Waals surface area contributed by atoms with E-state index in [0.29, 0.717) is 12.6 Å². The second kappa shape index (κ2) is 5.70. The first-order chi connectivity index (χ1) is 9.33. The Morgan fingerprint density at radius 3 is 2.84 bits per heavy atom. The Labute approximate surface area is 113 Å². The molecule has 2 unspecified atom stereocenters. The van der Waals surface area contributed by atoms with Gasteiger partial charge in [-0.3, -0.25) is 0 Å². The lowest BCUT2D eigenvalue weighted by atomic mass is 10.0. The molecule has 0 saturated carbocycles. The molecule has 19 heavy (non-hydrogen) atoms. The summed E-state index contributed by atoms with van der Waals surface area (Å²) >= 11 is 0. The molecule has 100 valence electrons. The van der Waals surface area contributed by atoms with Gasteiger partial charge in [0.2, 0.25) is 0 Å². The van der Waals surface area contributed by atoms with Crippen LogP contribution in [-0.2, 0) is 4.74 Å². The summed E-state index contributed by atoms with van der Waals surface area (Å²) in [4.78, 5) is 0. The molecule has 1 aliphatic rings. The molecule has 2 N–H and O–H groups in total. The Hall–Kier alpha value is -1.42. The summed E-state index contributed by atoms with van der Waals surface area (Å²) in [5, 5.41) is 16.0. The van der Waals surface area contributed by atoms with Crippen LogP contribution < -0.4 is 5.32 Å². The maximum atomic E-state index is 10.2. The third kappa shape index (κ3) is 2.95. The van der Waals surface area contributed by atoms with Gasteiger partial charge in [-0.05, 0) is 28.8 Å². The minimum absolute atomic E-state index is 0.384. The van der Waals surface area contributed by atoms with Crippen LogP contribution in [0.1, 0.15) is 18.1 Å². The van der Waals surface area contributed by atoms with Crippen molar-refractivity contribution in [3.8, 4) is 0 Å². The summed E-state index contributed by atoms with van der Waals surface area (Å²) in [6, 6.07) is 14.7. The zero-order valence-corrected chi connectivity index (χ0v) is 10.9. The molecule has 0 spiro atoms. The smallest absolute Gasteiger partial charge is 0.0914 e. The van der Waals surface area contributed by atoms with E-state index in [4.69, 9.17) is 4.74 Å². The van der Waals surface area contributed by atoms with Crippen LogP contribution >= 0.6 is 0 Å². The summed E-state index contributed by atoms with van der Waals surface area (Å²) < 4.78 is 5.31. The molecular formula is C16H19NO2. The molecule has 0 amide bonds. The van der Waals surface area contributed by atoms with Crippen LogP contribution in [0, 0.1) is 0 Å². The second-order valence-corrected chi connectivity index (χ2v) is 5.09. The zero-order valence-electron chi connectivity index (χ0n) is 10.9. The lowest BCUT2D eigenvalue weighted by molar-refractivity contribution is 0.161. The Balaban J connectivity index is 1.68. The van der Waals surface area contributed by atoms with Crippen LogP contribution in [0.4, 0.5) is 0 Å². The van der Waals surface area contributed by atoms with Crippen LogP contribution in [0.5, 0.6) is 0 Å². The lowest BCUT2D eigenvalue weighted by Crippen LogP contribution is -2.32. The fraction of sp³-hybridized carbons (Fsp3) is 0.375. The van der Waals surface area contributed by atoms with Crippen molar-refractivity contribution in [2.24, 2.45) is 0 Å². The quantitative estimate of drug-likeness (QED) is 0.882. The zero-order chi connectivity index (χ0) is 13.1. The van der Waals surface area contributed by atoms with Crippen molar-refractivity contribution in [3.05, 3.63) is 48.0 Å². The normalized spacial score (nSPS) is 20.8. The highest BCUT2D eigenvalue weighted by Gasteiger charge is 2.16. The number of aliphatic hydroxyl groups is 1. The van der Waals surface area contributed by atoms with E-state index in [1.807, 2.05) is 18.2 Å². The van der Waals surface area contributed by atoms with E-state index in [1.54, 1.807) is 0 Å². The number of benzene rings is 2. The van der Waals surface area contributed by atoms with Crippen molar-refractivity contribution in [2.45, 2.75) is 18.6 Å². The molecule has 2 aromatic carbocycles. The number of fused-ring (bicyclic) bond motifs is 1. The van der Waals surface area contributed by atoms with Crippen molar-refractivity contribution >= 4 is 10.8 Å². The Morgan fingerprint density at radius 2 is 2.05 bits per heavy atom. The molecule has 2 atom stereocenters. The van der Waals surface area contributed by atoms with Gasteiger partial charge in [-0.1, -0.05) is 36.4 Å². The Bertz CT molecular complexity index is 549. The standard InChI is InChI=1S/C16H19NO2/c18-16(10-17-15-7-8-19-11-15)14-6-5-12-3-1-2-4-13(12)9-14/h1-6,9,15-18H,7-8,10-11H2. The molecule has 0 radical (unpaired) electrons. The number of aliphatic hydroxyl groups excluding tert-OH is 1. The number of nitrogens with one attached hydrogen (secondary N) is 1. The first-order valence-electron chi connectivity index (χ1n) is 6.81. The van der Waals surface area contributed by atoms with Gasteiger partial charge in [0.15, 0.2) is 0 Å². The Kier molecular flexibility index (Phi) is 3.78. The van der Waals surface area contributed by atoms with Crippen LogP contribution in [0.15, 0.2) is 42.5 Å². The monoisotopic (exact) mass is 257 g/mol. The van der Waals surface area contributed by atoms with E-state index in [0.717, 1.165) is 25.2 Å². The van der Waals surface area contributed by atoms with Gasteiger partial charge in [0, 0.05) is 19.2 Å². The van der Waals surface area contributed by atoms with Crippen molar-refractivity contribution in [1.82, 2.24) is 5.32 Å². The van der Waals surface area contributed by atoms with Crippen molar-refractivity contribution in [2.75, 3.05) is 19.8 Å². The molecule has 0 aliphatic carbocycles. The summed E-state index contributed by atoms with van der Waals surface area (Å²) in [5.41, 5.74) is 0.963. The van der Waals surface area contributed by atoms with Crippen LogP contribution in [0.3, 0.4) is 0 Å². The molecule has 1 heterocycles. The molecule has 2 aromatic rings. The highest BCUT2D eigenvalue weighted by atomic mass is 16.5. The largest absolute Gasteiger partial charge is 0.387 e. The number of hydrogen-bond donors (Lipinski definition) is 2. The number of ether oxygens (including phenoxy) is 1. The maximum Gasteiger partial charge on any atom is 0.0914 e. The summed E-state index contributed by atoms with van der Waals surface area (Å²) in [6.07, 6.45) is 0.565. The first kappa shape index (κ1) is 12.6. The van der Waals surface area contributed by atoms with E-state index in [2.05, 4.69) is 29.6 Å². The van der Waals surface area contributed by atoms with Gasteiger partial charge in [-0.15, -0.1) is 0 Å². The molecule has 3 nitrogen and oxygen atoms in total. The van der Waals surface area contributed by atoms with E-state index in [9.17, 15) is 5.11 Å². The van der Waals surface area contributed by atoms with Gasteiger partial charge < -0.3 is 15.2 Å². The highest BCUT2D eigenvalue weighted by Crippen LogP contribution is 2.20. The van der Waals surface area contributed by atoms with Gasteiger partial charge >= 0.3 is 0 Å². The molecule has 3 heteroatoms. The van der Waals surface area contributed by atoms with E-state index in [-0.39, 0.29) is 0 Å². The molecule has 0 bridgehead atoms. The van der Waals surface area contributed by atoms with Gasteiger partial charge in [0.05, 0.1) is 12.7 Å². The van der Waals surface area contributed by atoms with E-state index < -0.39 is 6.10 Å². The predicted molar refractivity (Wildman–Crippen MR) is 76.1 cm³/mol. The second-order valence-electron chi connectivity index (χ2n) is 5.09. The van der Waals surface area contributed by atoms with E-state index in [1.165, 1.54) is 10.8 Å². The first-order valence-corrected chi connectivity index (χ1v) is 6.81. The van der Waals surface area contributed by atoms with Crippen LogP contribution in [0.2, 0.25) is 0 Å². The lowest BCUT2D eigenvalue weighted by Gasteiger charge is -2.16. The number of hydrogen-bond acceptors (Lipinski definition) is 3. The third-order valence-electron chi connectivity index (χ3n) is 3.69. The third-order valence-corrected chi connectivity index (χ3v) is 3.69. The molecule has 1 aliphatic heterocycles. The fourth-order valence-corrected chi connectivity index (χ4v) is 2.51. The fourth-order valence-electron chi connectivity index (χ4n) is 2.51.